The van der Waals surface area contributed by atoms with Crippen LogP contribution in [0.3, 0.4) is 0 Å². The van der Waals surface area contributed by atoms with Gasteiger partial charge in [0.15, 0.2) is 0 Å². The first-order valence-corrected chi connectivity index (χ1v) is 8.66. The van der Waals surface area contributed by atoms with E-state index in [2.05, 4.69) is 34.4 Å². The summed E-state index contributed by atoms with van der Waals surface area (Å²) in [5.74, 6) is 1.04. The molecule has 0 radical (unpaired) electrons. The first kappa shape index (κ1) is 17.7. The molecular weight excluding hydrogens is 326 g/mol. The van der Waals surface area contributed by atoms with E-state index >= 15 is 0 Å². The van der Waals surface area contributed by atoms with Gasteiger partial charge in [-0.1, -0.05) is 50.2 Å². The molecule has 0 unspecified atom stereocenters. The maximum Gasteiger partial charge on any atom is 0.315 e. The third-order valence-corrected chi connectivity index (χ3v) is 4.17. The summed E-state index contributed by atoms with van der Waals surface area (Å²) in [6, 6.07) is 13.6. The number of pyridine rings is 1. The molecule has 3 rings (SSSR count). The summed E-state index contributed by atoms with van der Waals surface area (Å²) in [6.45, 7) is 4.57. The van der Waals surface area contributed by atoms with Gasteiger partial charge in [0.25, 0.3) is 0 Å². The molecule has 2 N–H and O–H groups in total. The molecule has 2 amide bonds. The molecule has 0 aliphatic heterocycles. The fourth-order valence-electron chi connectivity index (χ4n) is 2.85. The standard InChI is InChI=1S/C20H23N5O/c1-15(2)18(16-7-4-3-5-8-16)24-20(26)23-13-17-9-6-10-22-19(17)25-12-11-21-14-25/h3-12,14-15,18H,13H2,1-2H3,(H2,23,24,26)/t18-/m0/s1. The lowest BCUT2D eigenvalue weighted by atomic mass is 9.96. The zero-order chi connectivity index (χ0) is 18.4. The minimum Gasteiger partial charge on any atom is -0.334 e. The van der Waals surface area contributed by atoms with Crippen LogP contribution in [-0.2, 0) is 6.54 Å². The van der Waals surface area contributed by atoms with Gasteiger partial charge < -0.3 is 10.6 Å². The van der Waals surface area contributed by atoms with E-state index in [1.165, 1.54) is 0 Å². The first-order chi connectivity index (χ1) is 12.6. The van der Waals surface area contributed by atoms with E-state index in [9.17, 15) is 4.79 Å². The monoisotopic (exact) mass is 349 g/mol. The van der Waals surface area contributed by atoms with Gasteiger partial charge in [0.1, 0.15) is 12.1 Å². The van der Waals surface area contributed by atoms with Crippen molar-refractivity contribution in [1.29, 1.82) is 0 Å². The average Bonchev–Trinajstić information content (AvgIpc) is 3.20. The molecule has 0 spiro atoms. The van der Waals surface area contributed by atoms with Crippen LogP contribution in [0, 0.1) is 5.92 Å². The molecule has 6 nitrogen and oxygen atoms in total. The van der Waals surface area contributed by atoms with Gasteiger partial charge in [-0.15, -0.1) is 0 Å². The number of hydrogen-bond acceptors (Lipinski definition) is 3. The Morgan fingerprint density at radius 3 is 2.62 bits per heavy atom. The number of carbonyl (C=O) groups excluding carboxylic acids is 1. The summed E-state index contributed by atoms with van der Waals surface area (Å²) in [7, 11) is 0. The van der Waals surface area contributed by atoms with Crippen LogP contribution < -0.4 is 10.6 Å². The summed E-state index contributed by atoms with van der Waals surface area (Å²) in [5, 5.41) is 6.00. The van der Waals surface area contributed by atoms with Crippen molar-refractivity contribution < 1.29 is 4.79 Å². The van der Waals surface area contributed by atoms with Crippen molar-refractivity contribution in [2.75, 3.05) is 0 Å². The molecule has 26 heavy (non-hydrogen) atoms. The molecule has 6 heteroatoms. The quantitative estimate of drug-likeness (QED) is 0.716. The van der Waals surface area contributed by atoms with Crippen molar-refractivity contribution in [1.82, 2.24) is 25.2 Å². The van der Waals surface area contributed by atoms with Crippen molar-refractivity contribution in [2.45, 2.75) is 26.4 Å². The summed E-state index contributed by atoms with van der Waals surface area (Å²) in [4.78, 5) is 20.9. The number of hydrogen-bond donors (Lipinski definition) is 2. The molecule has 0 fully saturated rings. The topological polar surface area (TPSA) is 71.8 Å². The van der Waals surface area contributed by atoms with Gasteiger partial charge in [-0.3, -0.25) is 4.57 Å². The third-order valence-electron chi connectivity index (χ3n) is 4.17. The SMILES string of the molecule is CC(C)[C@H](NC(=O)NCc1cccnc1-n1ccnc1)c1ccccc1. The van der Waals surface area contributed by atoms with Crippen molar-refractivity contribution in [3.63, 3.8) is 0 Å². The fourth-order valence-corrected chi connectivity index (χ4v) is 2.85. The number of urea groups is 1. The highest BCUT2D eigenvalue weighted by atomic mass is 16.2. The zero-order valence-corrected chi connectivity index (χ0v) is 15.0. The Bertz CT molecular complexity index is 830. The number of nitrogens with one attached hydrogen (secondary N) is 2. The van der Waals surface area contributed by atoms with Crippen LogP contribution in [-0.4, -0.2) is 20.6 Å². The van der Waals surface area contributed by atoms with Crippen LogP contribution in [0.1, 0.15) is 31.0 Å². The Hall–Kier alpha value is -3.15. The summed E-state index contributed by atoms with van der Waals surface area (Å²) < 4.78 is 1.83. The van der Waals surface area contributed by atoms with E-state index in [1.807, 2.05) is 53.2 Å². The second-order valence-corrected chi connectivity index (χ2v) is 6.42. The van der Waals surface area contributed by atoms with Crippen LogP contribution >= 0.6 is 0 Å². The Kier molecular flexibility index (Phi) is 5.63. The summed E-state index contributed by atoms with van der Waals surface area (Å²) in [5.41, 5.74) is 2.01. The zero-order valence-electron chi connectivity index (χ0n) is 15.0. The van der Waals surface area contributed by atoms with Gasteiger partial charge in [0.05, 0.1) is 6.04 Å². The predicted octanol–water partition coefficient (Wildman–Crippen LogP) is 3.46. The van der Waals surface area contributed by atoms with E-state index in [1.54, 1.807) is 18.7 Å². The highest BCUT2D eigenvalue weighted by Crippen LogP contribution is 2.21. The van der Waals surface area contributed by atoms with Crippen molar-refractivity contribution >= 4 is 6.03 Å². The minimum absolute atomic E-state index is 0.0433. The molecule has 0 aliphatic carbocycles. The van der Waals surface area contributed by atoms with E-state index in [-0.39, 0.29) is 18.0 Å². The number of aromatic nitrogens is 3. The van der Waals surface area contributed by atoms with E-state index < -0.39 is 0 Å². The summed E-state index contributed by atoms with van der Waals surface area (Å²) >= 11 is 0. The number of carbonyl (C=O) groups is 1. The Morgan fingerprint density at radius 1 is 1.12 bits per heavy atom. The van der Waals surface area contributed by atoms with E-state index in [4.69, 9.17) is 0 Å². The number of imidazole rings is 1. The van der Waals surface area contributed by atoms with E-state index in [0.717, 1.165) is 16.9 Å². The largest absolute Gasteiger partial charge is 0.334 e. The van der Waals surface area contributed by atoms with Crippen LogP contribution in [0.4, 0.5) is 4.79 Å². The van der Waals surface area contributed by atoms with Gasteiger partial charge in [0.2, 0.25) is 0 Å². The number of nitrogens with zero attached hydrogens (tertiary/aromatic N) is 3. The summed E-state index contributed by atoms with van der Waals surface area (Å²) in [6.07, 6.45) is 6.95. The lowest BCUT2D eigenvalue weighted by Gasteiger charge is -2.23. The predicted molar refractivity (Wildman–Crippen MR) is 101 cm³/mol. The van der Waals surface area contributed by atoms with E-state index in [0.29, 0.717) is 6.54 Å². The number of rotatable bonds is 6. The van der Waals surface area contributed by atoms with Crippen LogP contribution in [0.15, 0.2) is 67.4 Å². The highest BCUT2D eigenvalue weighted by Gasteiger charge is 2.18. The maximum absolute atomic E-state index is 12.4. The molecule has 0 saturated carbocycles. The second-order valence-electron chi connectivity index (χ2n) is 6.42. The normalized spacial score (nSPS) is 12.0. The smallest absolute Gasteiger partial charge is 0.315 e. The molecule has 134 valence electrons. The van der Waals surface area contributed by atoms with Crippen LogP contribution in [0.25, 0.3) is 5.82 Å². The molecule has 0 saturated heterocycles. The Morgan fingerprint density at radius 2 is 1.92 bits per heavy atom. The molecule has 1 aromatic carbocycles. The van der Waals surface area contributed by atoms with Gasteiger partial charge in [-0.05, 0) is 17.5 Å². The molecule has 1 atom stereocenters. The van der Waals surface area contributed by atoms with Crippen molar-refractivity contribution in [2.24, 2.45) is 5.92 Å². The highest BCUT2D eigenvalue weighted by molar-refractivity contribution is 5.74. The number of benzene rings is 1. The lowest BCUT2D eigenvalue weighted by molar-refractivity contribution is 0.232. The fraction of sp³-hybridized carbons (Fsp3) is 0.250. The Labute approximate surface area is 153 Å². The molecule has 0 bridgehead atoms. The maximum atomic E-state index is 12.4. The average molecular weight is 349 g/mol. The number of amides is 2. The molecular formula is C20H23N5O. The van der Waals surface area contributed by atoms with Crippen molar-refractivity contribution in [3.05, 3.63) is 78.5 Å². The van der Waals surface area contributed by atoms with Crippen molar-refractivity contribution in [3.8, 4) is 5.82 Å². The van der Waals surface area contributed by atoms with Gasteiger partial charge in [-0.25, -0.2) is 14.8 Å². The molecule has 3 aromatic rings. The van der Waals surface area contributed by atoms with Gasteiger partial charge in [0, 0.05) is 30.7 Å². The van der Waals surface area contributed by atoms with Gasteiger partial charge >= 0.3 is 6.03 Å². The lowest BCUT2D eigenvalue weighted by Crippen LogP contribution is -2.39. The van der Waals surface area contributed by atoms with Gasteiger partial charge in [-0.2, -0.15) is 0 Å². The molecule has 2 aromatic heterocycles. The van der Waals surface area contributed by atoms with Crippen LogP contribution in [0.2, 0.25) is 0 Å². The Balaban J connectivity index is 1.66. The second kappa shape index (κ2) is 8.29. The third kappa shape index (κ3) is 4.27. The minimum atomic E-state index is -0.201. The molecule has 0 aliphatic rings. The molecule has 2 heterocycles. The first-order valence-electron chi connectivity index (χ1n) is 8.66. The van der Waals surface area contributed by atoms with Crippen LogP contribution in [0.5, 0.6) is 0 Å².